The second-order valence-electron chi connectivity index (χ2n) is 6.51. The summed E-state index contributed by atoms with van der Waals surface area (Å²) in [5, 5.41) is 12.7. The van der Waals surface area contributed by atoms with Gasteiger partial charge in [-0.3, -0.25) is 0 Å². The lowest BCUT2D eigenvalue weighted by atomic mass is 10.00. The van der Waals surface area contributed by atoms with Gasteiger partial charge >= 0.3 is 0 Å². The molecular weight excluding hydrogens is 371 g/mol. The lowest BCUT2D eigenvalue weighted by molar-refractivity contribution is 0.172. The molecule has 1 heterocycles. The molecule has 0 radical (unpaired) electrons. The van der Waals surface area contributed by atoms with E-state index >= 15 is 0 Å². The van der Waals surface area contributed by atoms with Crippen LogP contribution in [-0.2, 0) is 6.42 Å². The van der Waals surface area contributed by atoms with Gasteiger partial charge in [-0.1, -0.05) is 66.4 Å². The van der Waals surface area contributed by atoms with Crippen LogP contribution >= 0.6 is 11.8 Å². The minimum Gasteiger partial charge on any atom is -0.386 e. The van der Waals surface area contributed by atoms with Crippen LogP contribution in [-0.4, -0.2) is 21.3 Å². The average molecular weight is 390 g/mol. The molecule has 0 aliphatic carbocycles. The van der Waals surface area contributed by atoms with Crippen molar-refractivity contribution >= 4 is 22.5 Å². The third kappa shape index (κ3) is 3.77. The maximum Gasteiger partial charge on any atom is 0.188 e. The fraction of sp³-hybridized carbons (Fsp3) is 0.130. The molecule has 0 saturated carbocycles. The second kappa shape index (κ2) is 8.09. The average Bonchev–Trinajstić information content (AvgIpc) is 2.74. The highest BCUT2D eigenvalue weighted by Gasteiger charge is 2.16. The molecule has 1 N–H and O–H groups in total. The molecule has 140 valence electrons. The molecule has 28 heavy (non-hydrogen) atoms. The first kappa shape index (κ1) is 18.6. The van der Waals surface area contributed by atoms with Crippen LogP contribution in [0.3, 0.4) is 0 Å². The summed E-state index contributed by atoms with van der Waals surface area (Å²) >= 11 is 1.42. The van der Waals surface area contributed by atoms with E-state index in [1.807, 2.05) is 54.8 Å². The van der Waals surface area contributed by atoms with Gasteiger partial charge in [-0.2, -0.15) is 0 Å². The first-order valence-corrected chi connectivity index (χ1v) is 10.2. The number of aliphatic hydroxyl groups excluding tert-OH is 1. The SMILES string of the molecule is CSc1nc(-c2ccc(F)c3ccccc23)cc(C(O)Cc2ccccc2)n1. The van der Waals surface area contributed by atoms with Crippen LogP contribution in [0.25, 0.3) is 22.0 Å². The van der Waals surface area contributed by atoms with Gasteiger partial charge in [0.1, 0.15) is 11.9 Å². The number of aliphatic hydroxyl groups is 1. The number of benzene rings is 3. The Hall–Kier alpha value is -2.76. The largest absolute Gasteiger partial charge is 0.386 e. The van der Waals surface area contributed by atoms with Crippen molar-refractivity contribution in [2.24, 2.45) is 0 Å². The van der Waals surface area contributed by atoms with Crippen molar-refractivity contribution in [3.63, 3.8) is 0 Å². The standard InChI is InChI=1S/C23H19FN2OS/c1-28-23-25-20(18-11-12-19(24)17-10-6-5-9-16(17)18)14-21(26-23)22(27)13-15-7-3-2-4-8-15/h2-12,14,22,27H,13H2,1H3. The predicted octanol–water partition coefficient (Wildman–Crippen LogP) is 5.43. The minimum absolute atomic E-state index is 0.261. The summed E-state index contributed by atoms with van der Waals surface area (Å²) in [7, 11) is 0. The van der Waals surface area contributed by atoms with E-state index in [9.17, 15) is 9.50 Å². The van der Waals surface area contributed by atoms with E-state index in [0.29, 0.717) is 28.4 Å². The van der Waals surface area contributed by atoms with Crippen molar-refractivity contribution in [1.29, 1.82) is 0 Å². The summed E-state index contributed by atoms with van der Waals surface area (Å²) in [6.07, 6.45) is 1.62. The smallest absolute Gasteiger partial charge is 0.188 e. The van der Waals surface area contributed by atoms with E-state index in [4.69, 9.17) is 0 Å². The van der Waals surface area contributed by atoms with Gasteiger partial charge < -0.3 is 5.11 Å². The molecule has 1 atom stereocenters. The summed E-state index contributed by atoms with van der Waals surface area (Å²) < 4.78 is 14.2. The highest BCUT2D eigenvalue weighted by Crippen LogP contribution is 2.31. The number of rotatable bonds is 5. The maximum atomic E-state index is 14.2. The van der Waals surface area contributed by atoms with Gasteiger partial charge in [-0.05, 0) is 35.4 Å². The fourth-order valence-corrected chi connectivity index (χ4v) is 3.66. The molecular formula is C23H19FN2OS. The molecule has 0 fully saturated rings. The zero-order chi connectivity index (χ0) is 19.5. The Kier molecular flexibility index (Phi) is 5.37. The van der Waals surface area contributed by atoms with E-state index < -0.39 is 6.10 Å². The van der Waals surface area contributed by atoms with E-state index in [0.717, 1.165) is 16.5 Å². The highest BCUT2D eigenvalue weighted by atomic mass is 32.2. The molecule has 4 rings (SSSR count). The molecule has 3 aromatic carbocycles. The highest BCUT2D eigenvalue weighted by molar-refractivity contribution is 7.98. The summed E-state index contributed by atoms with van der Waals surface area (Å²) in [5.74, 6) is -0.261. The zero-order valence-corrected chi connectivity index (χ0v) is 16.2. The van der Waals surface area contributed by atoms with Crippen LogP contribution in [0.1, 0.15) is 17.4 Å². The second-order valence-corrected chi connectivity index (χ2v) is 7.28. The Bertz CT molecular complexity index is 1120. The summed E-state index contributed by atoms with van der Waals surface area (Å²) in [5.41, 5.74) is 3.10. The molecule has 0 bridgehead atoms. The number of nitrogens with zero attached hydrogens (tertiary/aromatic N) is 2. The molecule has 4 aromatic rings. The van der Waals surface area contributed by atoms with E-state index in [-0.39, 0.29) is 5.82 Å². The minimum atomic E-state index is -0.748. The Morgan fingerprint density at radius 1 is 0.929 bits per heavy atom. The van der Waals surface area contributed by atoms with Gasteiger partial charge in [0.25, 0.3) is 0 Å². The summed E-state index contributed by atoms with van der Waals surface area (Å²) in [4.78, 5) is 9.11. The van der Waals surface area contributed by atoms with E-state index in [2.05, 4.69) is 9.97 Å². The molecule has 0 amide bonds. The zero-order valence-electron chi connectivity index (χ0n) is 15.3. The van der Waals surface area contributed by atoms with Gasteiger partial charge in [0.15, 0.2) is 5.16 Å². The van der Waals surface area contributed by atoms with Gasteiger partial charge in [-0.25, -0.2) is 14.4 Å². The number of thioether (sulfide) groups is 1. The normalized spacial score (nSPS) is 12.2. The molecule has 1 unspecified atom stereocenters. The molecule has 0 aliphatic heterocycles. The Morgan fingerprint density at radius 3 is 2.39 bits per heavy atom. The first-order chi connectivity index (χ1) is 13.7. The number of hydrogen-bond acceptors (Lipinski definition) is 4. The summed E-state index contributed by atoms with van der Waals surface area (Å²) in [6.45, 7) is 0. The molecule has 1 aromatic heterocycles. The summed E-state index contributed by atoms with van der Waals surface area (Å²) in [6, 6.07) is 22.1. The van der Waals surface area contributed by atoms with Gasteiger partial charge in [-0.15, -0.1) is 0 Å². The van der Waals surface area contributed by atoms with Crippen LogP contribution in [0, 0.1) is 5.82 Å². The van der Waals surface area contributed by atoms with Gasteiger partial charge in [0.05, 0.1) is 11.4 Å². The molecule has 0 aliphatic rings. The van der Waals surface area contributed by atoms with Crippen molar-refractivity contribution in [2.45, 2.75) is 17.7 Å². The third-order valence-electron chi connectivity index (χ3n) is 4.67. The fourth-order valence-electron chi connectivity index (χ4n) is 3.27. The van der Waals surface area contributed by atoms with Crippen molar-refractivity contribution in [3.8, 4) is 11.3 Å². The Balaban J connectivity index is 1.79. The van der Waals surface area contributed by atoms with Crippen LogP contribution in [0.15, 0.2) is 78.0 Å². The van der Waals surface area contributed by atoms with Crippen LogP contribution in [0.2, 0.25) is 0 Å². The topological polar surface area (TPSA) is 46.0 Å². The molecule has 0 saturated heterocycles. The number of halogens is 1. The van der Waals surface area contributed by atoms with Crippen LogP contribution in [0.4, 0.5) is 4.39 Å². The third-order valence-corrected chi connectivity index (χ3v) is 5.22. The van der Waals surface area contributed by atoms with Gasteiger partial charge in [0, 0.05) is 17.4 Å². The predicted molar refractivity (Wildman–Crippen MR) is 112 cm³/mol. The monoisotopic (exact) mass is 390 g/mol. The van der Waals surface area contributed by atoms with Crippen molar-refractivity contribution in [1.82, 2.24) is 9.97 Å². The van der Waals surface area contributed by atoms with E-state index in [1.165, 1.54) is 17.8 Å². The van der Waals surface area contributed by atoms with Crippen molar-refractivity contribution in [3.05, 3.63) is 89.9 Å². The Morgan fingerprint density at radius 2 is 1.64 bits per heavy atom. The van der Waals surface area contributed by atoms with Crippen molar-refractivity contribution in [2.75, 3.05) is 6.26 Å². The molecule has 5 heteroatoms. The van der Waals surface area contributed by atoms with Crippen LogP contribution < -0.4 is 0 Å². The molecule has 3 nitrogen and oxygen atoms in total. The van der Waals surface area contributed by atoms with Crippen molar-refractivity contribution < 1.29 is 9.50 Å². The first-order valence-electron chi connectivity index (χ1n) is 8.98. The Labute approximate surface area is 167 Å². The lowest BCUT2D eigenvalue weighted by Crippen LogP contribution is -2.06. The van der Waals surface area contributed by atoms with Crippen LogP contribution in [0.5, 0.6) is 0 Å². The number of aromatic nitrogens is 2. The van der Waals surface area contributed by atoms with E-state index in [1.54, 1.807) is 18.2 Å². The number of fused-ring (bicyclic) bond motifs is 1. The van der Waals surface area contributed by atoms with Gasteiger partial charge in [0.2, 0.25) is 0 Å². The maximum absolute atomic E-state index is 14.2. The quantitative estimate of drug-likeness (QED) is 0.364. The lowest BCUT2D eigenvalue weighted by Gasteiger charge is -2.14. The number of hydrogen-bond donors (Lipinski definition) is 1. The molecule has 0 spiro atoms.